The van der Waals surface area contributed by atoms with Gasteiger partial charge in [0.15, 0.2) is 0 Å². The number of nitrogens with one attached hydrogen (secondary N) is 2. The first-order valence-electron chi connectivity index (χ1n) is 6.66. The van der Waals surface area contributed by atoms with E-state index in [2.05, 4.69) is 17.6 Å². The van der Waals surface area contributed by atoms with Crippen molar-refractivity contribution in [3.05, 3.63) is 6.92 Å². The lowest BCUT2D eigenvalue weighted by atomic mass is 10.2. The maximum absolute atomic E-state index is 11.4. The van der Waals surface area contributed by atoms with E-state index >= 15 is 0 Å². The minimum atomic E-state index is -0.532. The van der Waals surface area contributed by atoms with Crippen LogP contribution in [0.1, 0.15) is 41.5 Å². The second-order valence-corrected chi connectivity index (χ2v) is 6.63. The molecular formula is C14H27N2O4. The predicted molar refractivity (Wildman–Crippen MR) is 77.3 cm³/mol. The van der Waals surface area contributed by atoms with E-state index in [0.29, 0.717) is 13.1 Å². The minimum Gasteiger partial charge on any atom is -0.444 e. The third-order valence-corrected chi connectivity index (χ3v) is 1.87. The van der Waals surface area contributed by atoms with Gasteiger partial charge in [-0.05, 0) is 54.4 Å². The Morgan fingerprint density at radius 2 is 1.20 bits per heavy atom. The van der Waals surface area contributed by atoms with Gasteiger partial charge in [-0.15, -0.1) is 0 Å². The molecule has 0 aromatic rings. The SMILES string of the molecule is [CH2]C(CNC(=O)OC(C)(C)C)CNC(=O)OC(C)(C)C. The summed E-state index contributed by atoms with van der Waals surface area (Å²) in [5.74, 6) is -0.171. The van der Waals surface area contributed by atoms with Crippen LogP contribution in [0.15, 0.2) is 0 Å². The molecule has 2 N–H and O–H groups in total. The van der Waals surface area contributed by atoms with Crippen molar-refractivity contribution >= 4 is 12.2 Å². The molecule has 0 saturated carbocycles. The summed E-state index contributed by atoms with van der Waals surface area (Å²) in [6.07, 6.45) is -0.994. The molecule has 0 aromatic carbocycles. The van der Waals surface area contributed by atoms with Crippen LogP contribution in [0.5, 0.6) is 0 Å². The molecule has 0 aromatic heterocycles. The number of amides is 2. The Morgan fingerprint density at radius 3 is 1.45 bits per heavy atom. The molecule has 2 amide bonds. The van der Waals surface area contributed by atoms with E-state index in [1.54, 1.807) is 41.5 Å². The van der Waals surface area contributed by atoms with Crippen LogP contribution < -0.4 is 10.6 Å². The highest BCUT2D eigenvalue weighted by Crippen LogP contribution is 2.07. The summed E-state index contributed by atoms with van der Waals surface area (Å²) < 4.78 is 10.2. The normalized spacial score (nSPS) is 12.0. The van der Waals surface area contributed by atoms with E-state index in [4.69, 9.17) is 9.47 Å². The summed E-state index contributed by atoms with van der Waals surface area (Å²) in [6, 6.07) is 0. The molecule has 0 rings (SSSR count). The topological polar surface area (TPSA) is 76.7 Å². The smallest absolute Gasteiger partial charge is 0.407 e. The Kier molecular flexibility index (Phi) is 6.82. The fourth-order valence-corrected chi connectivity index (χ4v) is 1.16. The molecule has 1 radical (unpaired) electrons. The summed E-state index contributed by atoms with van der Waals surface area (Å²) in [4.78, 5) is 22.8. The fourth-order valence-electron chi connectivity index (χ4n) is 1.16. The second-order valence-electron chi connectivity index (χ2n) is 6.63. The maximum atomic E-state index is 11.4. The Balaban J connectivity index is 3.87. The monoisotopic (exact) mass is 287 g/mol. The molecule has 0 bridgehead atoms. The number of rotatable bonds is 4. The average Bonchev–Trinajstić information content (AvgIpc) is 2.18. The molecule has 117 valence electrons. The molecule has 0 aliphatic rings. The zero-order valence-electron chi connectivity index (χ0n) is 13.3. The minimum absolute atomic E-state index is 0.171. The highest BCUT2D eigenvalue weighted by Gasteiger charge is 2.18. The van der Waals surface area contributed by atoms with E-state index < -0.39 is 23.4 Å². The molecule has 0 heterocycles. The number of hydrogen-bond donors (Lipinski definition) is 2. The zero-order valence-corrected chi connectivity index (χ0v) is 13.3. The summed E-state index contributed by atoms with van der Waals surface area (Å²) in [5.41, 5.74) is -1.06. The van der Waals surface area contributed by atoms with Gasteiger partial charge in [-0.2, -0.15) is 0 Å². The van der Waals surface area contributed by atoms with Gasteiger partial charge in [-0.25, -0.2) is 9.59 Å². The quantitative estimate of drug-likeness (QED) is 0.833. The Hall–Kier alpha value is -1.46. The number of carbonyl (C=O) groups is 2. The van der Waals surface area contributed by atoms with Gasteiger partial charge < -0.3 is 20.1 Å². The first-order valence-corrected chi connectivity index (χ1v) is 6.66. The van der Waals surface area contributed by atoms with E-state index in [9.17, 15) is 9.59 Å². The van der Waals surface area contributed by atoms with Crippen LogP contribution in [0, 0.1) is 12.8 Å². The molecule has 0 atom stereocenters. The molecule has 0 aliphatic carbocycles. The standard InChI is InChI=1S/C14H27N2O4/c1-10(8-15-11(17)19-13(2,3)4)9-16-12(18)20-14(5,6)7/h10H,1,8-9H2,2-7H3,(H,15,17)(H,16,18). The van der Waals surface area contributed by atoms with Gasteiger partial charge in [0.25, 0.3) is 0 Å². The predicted octanol–water partition coefficient (Wildman–Crippen LogP) is 2.49. The Bertz CT molecular complexity index is 297. The molecular weight excluding hydrogens is 260 g/mol. The van der Waals surface area contributed by atoms with Crippen molar-refractivity contribution < 1.29 is 19.1 Å². The van der Waals surface area contributed by atoms with Crippen molar-refractivity contribution in [1.29, 1.82) is 0 Å². The Morgan fingerprint density at radius 1 is 0.900 bits per heavy atom. The van der Waals surface area contributed by atoms with Crippen LogP contribution in [-0.2, 0) is 9.47 Å². The van der Waals surface area contributed by atoms with Crippen molar-refractivity contribution in [2.45, 2.75) is 52.7 Å². The third kappa shape index (κ3) is 11.6. The van der Waals surface area contributed by atoms with Crippen LogP contribution in [0.4, 0.5) is 9.59 Å². The van der Waals surface area contributed by atoms with E-state index in [0.717, 1.165) is 0 Å². The summed E-state index contributed by atoms with van der Waals surface area (Å²) in [7, 11) is 0. The Labute approximate surface area is 121 Å². The van der Waals surface area contributed by atoms with Crippen LogP contribution in [-0.4, -0.2) is 36.5 Å². The zero-order chi connectivity index (χ0) is 16.0. The van der Waals surface area contributed by atoms with Gasteiger partial charge >= 0.3 is 12.2 Å². The van der Waals surface area contributed by atoms with Crippen LogP contribution in [0.3, 0.4) is 0 Å². The number of alkyl carbamates (subject to hydrolysis) is 2. The van der Waals surface area contributed by atoms with E-state index in [1.165, 1.54) is 0 Å². The lowest BCUT2D eigenvalue weighted by molar-refractivity contribution is 0.0515. The van der Waals surface area contributed by atoms with Crippen molar-refractivity contribution in [2.24, 2.45) is 5.92 Å². The van der Waals surface area contributed by atoms with Crippen molar-refractivity contribution in [1.82, 2.24) is 10.6 Å². The van der Waals surface area contributed by atoms with Crippen LogP contribution >= 0.6 is 0 Å². The van der Waals surface area contributed by atoms with Gasteiger partial charge in [0.1, 0.15) is 11.2 Å². The molecule has 0 unspecified atom stereocenters. The van der Waals surface area contributed by atoms with Crippen molar-refractivity contribution in [3.63, 3.8) is 0 Å². The first kappa shape index (κ1) is 18.5. The maximum Gasteiger partial charge on any atom is 0.407 e. The molecule has 0 saturated heterocycles. The molecule has 6 nitrogen and oxygen atoms in total. The van der Waals surface area contributed by atoms with Crippen LogP contribution in [0.25, 0.3) is 0 Å². The largest absolute Gasteiger partial charge is 0.444 e. The van der Waals surface area contributed by atoms with Gasteiger partial charge in [-0.3, -0.25) is 0 Å². The van der Waals surface area contributed by atoms with Gasteiger partial charge in [0.2, 0.25) is 0 Å². The number of hydrogen-bond acceptors (Lipinski definition) is 4. The lowest BCUT2D eigenvalue weighted by Gasteiger charge is -2.22. The first-order chi connectivity index (χ1) is 8.89. The average molecular weight is 287 g/mol. The molecule has 0 spiro atoms. The van der Waals surface area contributed by atoms with Gasteiger partial charge in [0.05, 0.1) is 0 Å². The van der Waals surface area contributed by atoms with Gasteiger partial charge in [0, 0.05) is 13.1 Å². The lowest BCUT2D eigenvalue weighted by Crippen LogP contribution is -2.39. The summed E-state index contributed by atoms with van der Waals surface area (Å²) >= 11 is 0. The van der Waals surface area contributed by atoms with Crippen molar-refractivity contribution in [3.8, 4) is 0 Å². The van der Waals surface area contributed by atoms with Crippen molar-refractivity contribution in [2.75, 3.05) is 13.1 Å². The number of carbonyl (C=O) groups excluding carboxylic acids is 2. The highest BCUT2D eigenvalue weighted by atomic mass is 16.6. The second kappa shape index (κ2) is 7.36. The number of ether oxygens (including phenoxy) is 2. The molecule has 0 fully saturated rings. The third-order valence-electron chi connectivity index (χ3n) is 1.87. The summed E-state index contributed by atoms with van der Waals surface area (Å²) in [6.45, 7) is 15.2. The van der Waals surface area contributed by atoms with Crippen LogP contribution in [0.2, 0.25) is 0 Å². The molecule has 0 aliphatic heterocycles. The van der Waals surface area contributed by atoms with E-state index in [1.807, 2.05) is 0 Å². The van der Waals surface area contributed by atoms with E-state index in [-0.39, 0.29) is 5.92 Å². The fraction of sp³-hybridized carbons (Fsp3) is 0.786. The highest BCUT2D eigenvalue weighted by molar-refractivity contribution is 5.68. The summed E-state index contributed by atoms with van der Waals surface area (Å²) in [5, 5.41) is 5.19. The van der Waals surface area contributed by atoms with Gasteiger partial charge in [-0.1, -0.05) is 0 Å². The molecule has 20 heavy (non-hydrogen) atoms. The molecule has 6 heteroatoms.